The Morgan fingerprint density at radius 1 is 1.46 bits per heavy atom. The number of hydrogen-bond donors (Lipinski definition) is 0. The summed E-state index contributed by atoms with van der Waals surface area (Å²) in [5.74, 6) is -1.06. The van der Waals surface area contributed by atoms with E-state index in [0.717, 1.165) is 4.90 Å². The van der Waals surface area contributed by atoms with Crippen molar-refractivity contribution in [1.82, 2.24) is 0 Å². The third-order valence-electron chi connectivity index (χ3n) is 1.46. The maximum Gasteiger partial charge on any atom is 0.0545 e. The summed E-state index contributed by atoms with van der Waals surface area (Å²) in [6.45, 7) is 1.59. The molecule has 0 bridgehead atoms. The Morgan fingerprint density at radius 2 is 2.00 bits per heavy atom. The van der Waals surface area contributed by atoms with Crippen molar-refractivity contribution in [2.24, 2.45) is 0 Å². The molecule has 70 valence electrons. The van der Waals surface area contributed by atoms with E-state index >= 15 is 0 Å². The van der Waals surface area contributed by atoms with Crippen LogP contribution in [0.3, 0.4) is 0 Å². The van der Waals surface area contributed by atoms with Gasteiger partial charge in [-0.3, -0.25) is 0 Å². The van der Waals surface area contributed by atoms with Crippen molar-refractivity contribution in [3.63, 3.8) is 0 Å². The summed E-state index contributed by atoms with van der Waals surface area (Å²) in [5.41, 5.74) is 0. The Hall–Kier alpha value is -0.670. The summed E-state index contributed by atoms with van der Waals surface area (Å²) < 4.78 is 0. The second-order valence-electron chi connectivity index (χ2n) is 2.53. The number of carboxylic acids is 1. The molecule has 0 fully saturated rings. The highest BCUT2D eigenvalue weighted by molar-refractivity contribution is 8.00. The number of carbonyl (C=O) groups excluding carboxylic acids is 1. The van der Waals surface area contributed by atoms with E-state index in [1.54, 1.807) is 31.2 Å². The summed E-state index contributed by atoms with van der Waals surface area (Å²) in [5, 5.41) is 10.5. The van der Waals surface area contributed by atoms with Crippen LogP contribution in [0.15, 0.2) is 29.2 Å². The van der Waals surface area contributed by atoms with Gasteiger partial charge in [0, 0.05) is 15.2 Å². The lowest BCUT2D eigenvalue weighted by molar-refractivity contribution is -0.304. The molecular formula is C9H8ClO2S-. The van der Waals surface area contributed by atoms with E-state index in [1.165, 1.54) is 11.8 Å². The zero-order valence-corrected chi connectivity index (χ0v) is 8.56. The van der Waals surface area contributed by atoms with Crippen LogP contribution in [0, 0.1) is 0 Å². The van der Waals surface area contributed by atoms with E-state index in [4.69, 9.17) is 11.6 Å². The van der Waals surface area contributed by atoms with Gasteiger partial charge in [0.05, 0.1) is 5.97 Å². The second-order valence-corrected chi connectivity index (χ2v) is 4.38. The molecule has 0 unspecified atom stereocenters. The van der Waals surface area contributed by atoms with Crippen molar-refractivity contribution in [2.45, 2.75) is 17.1 Å². The maximum atomic E-state index is 10.4. The van der Waals surface area contributed by atoms with Gasteiger partial charge in [0.15, 0.2) is 0 Å². The Labute approximate surface area is 85.9 Å². The lowest BCUT2D eigenvalue weighted by Gasteiger charge is -2.11. The van der Waals surface area contributed by atoms with Gasteiger partial charge in [-0.1, -0.05) is 11.6 Å². The standard InChI is InChI=1S/C9H9ClO2S/c1-6(9(11)12)13-8-4-2-7(10)3-5-8/h2-6H,1H3,(H,11,12)/p-1/t6-/m0/s1. The predicted octanol–water partition coefficient (Wildman–Crippen LogP) is 1.57. The smallest absolute Gasteiger partial charge is 0.0545 e. The molecule has 2 nitrogen and oxygen atoms in total. The first-order valence-electron chi connectivity index (χ1n) is 3.72. The lowest BCUT2D eigenvalue weighted by atomic mass is 10.4. The van der Waals surface area contributed by atoms with Gasteiger partial charge in [0.2, 0.25) is 0 Å². The highest BCUT2D eigenvalue weighted by atomic mass is 35.5. The normalized spacial score (nSPS) is 12.5. The molecule has 0 aliphatic heterocycles. The number of hydrogen-bond acceptors (Lipinski definition) is 3. The molecule has 0 N–H and O–H groups in total. The van der Waals surface area contributed by atoms with Gasteiger partial charge in [0.25, 0.3) is 0 Å². The maximum absolute atomic E-state index is 10.4. The fraction of sp³-hybridized carbons (Fsp3) is 0.222. The molecule has 1 atom stereocenters. The molecule has 1 aromatic rings. The fourth-order valence-electron chi connectivity index (χ4n) is 0.765. The number of benzene rings is 1. The number of rotatable bonds is 3. The van der Waals surface area contributed by atoms with E-state index in [0.29, 0.717) is 5.02 Å². The first-order valence-corrected chi connectivity index (χ1v) is 4.98. The summed E-state index contributed by atoms with van der Waals surface area (Å²) in [6.07, 6.45) is 0. The third-order valence-corrected chi connectivity index (χ3v) is 2.80. The minimum atomic E-state index is -1.06. The zero-order chi connectivity index (χ0) is 9.84. The van der Waals surface area contributed by atoms with Crippen LogP contribution >= 0.6 is 23.4 Å². The third kappa shape index (κ3) is 3.28. The molecule has 1 rings (SSSR count). The van der Waals surface area contributed by atoms with Gasteiger partial charge in [-0.2, -0.15) is 0 Å². The lowest BCUT2D eigenvalue weighted by Crippen LogP contribution is -2.31. The molecule has 0 amide bonds. The Balaban J connectivity index is 2.64. The van der Waals surface area contributed by atoms with Gasteiger partial charge in [-0.25, -0.2) is 0 Å². The van der Waals surface area contributed by atoms with E-state index in [9.17, 15) is 9.90 Å². The SMILES string of the molecule is C[C@H](Sc1ccc(Cl)cc1)C(=O)[O-]. The number of halogens is 1. The van der Waals surface area contributed by atoms with Crippen LogP contribution in [0.25, 0.3) is 0 Å². The van der Waals surface area contributed by atoms with Crippen LogP contribution in [0.4, 0.5) is 0 Å². The van der Waals surface area contributed by atoms with Crippen molar-refractivity contribution >= 4 is 29.3 Å². The summed E-state index contributed by atoms with van der Waals surface area (Å²) in [4.78, 5) is 11.3. The summed E-state index contributed by atoms with van der Waals surface area (Å²) in [6, 6.07) is 7.02. The van der Waals surface area contributed by atoms with Crippen molar-refractivity contribution < 1.29 is 9.90 Å². The van der Waals surface area contributed by atoms with Gasteiger partial charge >= 0.3 is 0 Å². The van der Waals surface area contributed by atoms with E-state index in [2.05, 4.69) is 0 Å². The average molecular weight is 216 g/mol. The number of aliphatic carboxylic acids is 1. The van der Waals surface area contributed by atoms with Crippen LogP contribution < -0.4 is 5.11 Å². The van der Waals surface area contributed by atoms with Crippen molar-refractivity contribution in [3.8, 4) is 0 Å². The fourth-order valence-corrected chi connectivity index (χ4v) is 1.69. The monoisotopic (exact) mass is 215 g/mol. The van der Waals surface area contributed by atoms with Crippen LogP contribution in [-0.2, 0) is 4.79 Å². The summed E-state index contributed by atoms with van der Waals surface area (Å²) in [7, 11) is 0. The molecule has 0 aromatic heterocycles. The number of carbonyl (C=O) groups is 1. The molecule has 1 aromatic carbocycles. The Kier molecular flexibility index (Phi) is 3.63. The predicted molar refractivity (Wildman–Crippen MR) is 51.8 cm³/mol. The van der Waals surface area contributed by atoms with Gasteiger partial charge in [0.1, 0.15) is 0 Å². The quantitative estimate of drug-likeness (QED) is 0.719. The Bertz CT molecular complexity index is 297. The minimum Gasteiger partial charge on any atom is -0.549 e. The topological polar surface area (TPSA) is 40.1 Å². The molecule has 13 heavy (non-hydrogen) atoms. The van der Waals surface area contributed by atoms with Crippen molar-refractivity contribution in [2.75, 3.05) is 0 Å². The summed E-state index contributed by atoms with van der Waals surface area (Å²) >= 11 is 6.91. The van der Waals surface area contributed by atoms with Crippen LogP contribution in [0.5, 0.6) is 0 Å². The van der Waals surface area contributed by atoms with Crippen molar-refractivity contribution in [3.05, 3.63) is 29.3 Å². The first-order chi connectivity index (χ1) is 6.09. The van der Waals surface area contributed by atoms with Crippen LogP contribution in [0.1, 0.15) is 6.92 Å². The van der Waals surface area contributed by atoms with E-state index in [-0.39, 0.29) is 0 Å². The van der Waals surface area contributed by atoms with E-state index < -0.39 is 11.2 Å². The first kappa shape index (κ1) is 10.4. The van der Waals surface area contributed by atoms with E-state index in [1.807, 2.05) is 0 Å². The van der Waals surface area contributed by atoms with Gasteiger partial charge < -0.3 is 9.90 Å². The van der Waals surface area contributed by atoms with Gasteiger partial charge in [-0.05, 0) is 31.2 Å². The second kappa shape index (κ2) is 4.53. The van der Waals surface area contributed by atoms with Crippen LogP contribution in [-0.4, -0.2) is 11.2 Å². The molecule has 0 spiro atoms. The molecule has 0 aliphatic carbocycles. The molecular weight excluding hydrogens is 208 g/mol. The average Bonchev–Trinajstić information content (AvgIpc) is 2.08. The molecule has 0 radical (unpaired) electrons. The van der Waals surface area contributed by atoms with Crippen molar-refractivity contribution in [1.29, 1.82) is 0 Å². The largest absolute Gasteiger partial charge is 0.549 e. The number of carboxylic acid groups (broad SMARTS) is 1. The van der Waals surface area contributed by atoms with Gasteiger partial charge in [-0.15, -0.1) is 11.8 Å². The minimum absolute atomic E-state index is 0.541. The van der Waals surface area contributed by atoms with Crippen LogP contribution in [0.2, 0.25) is 5.02 Å². The molecule has 0 saturated heterocycles. The molecule has 0 aliphatic rings. The Morgan fingerprint density at radius 3 is 2.46 bits per heavy atom. The highest BCUT2D eigenvalue weighted by Crippen LogP contribution is 2.24. The number of thioether (sulfide) groups is 1. The molecule has 4 heteroatoms. The highest BCUT2D eigenvalue weighted by Gasteiger charge is 2.04. The molecule has 0 heterocycles. The molecule has 0 saturated carbocycles. The zero-order valence-electron chi connectivity index (χ0n) is 6.99.